The van der Waals surface area contributed by atoms with Crippen LogP contribution in [0.15, 0.2) is 52.9 Å². The zero-order valence-corrected chi connectivity index (χ0v) is 16.8. The van der Waals surface area contributed by atoms with Gasteiger partial charge in [-0.2, -0.15) is 0 Å². The highest BCUT2D eigenvalue weighted by Crippen LogP contribution is 2.27. The molecule has 4 rings (SSSR count). The van der Waals surface area contributed by atoms with Gasteiger partial charge in [-0.3, -0.25) is 4.79 Å². The maximum atomic E-state index is 12.4. The fourth-order valence-electron chi connectivity index (χ4n) is 3.66. The summed E-state index contributed by atoms with van der Waals surface area (Å²) in [6, 6.07) is 16.0. The van der Waals surface area contributed by atoms with Crippen LogP contribution in [0.25, 0.3) is 11.5 Å². The molecule has 0 spiro atoms. The van der Waals surface area contributed by atoms with Crippen molar-refractivity contribution in [2.45, 2.75) is 19.8 Å². The molecule has 1 aliphatic rings. The van der Waals surface area contributed by atoms with Crippen LogP contribution in [0.2, 0.25) is 0 Å². The molecule has 0 saturated carbocycles. The van der Waals surface area contributed by atoms with Crippen LogP contribution in [-0.2, 0) is 17.6 Å². The Morgan fingerprint density at radius 1 is 1.24 bits per heavy atom. The Morgan fingerprint density at radius 2 is 2.10 bits per heavy atom. The van der Waals surface area contributed by atoms with Gasteiger partial charge in [0, 0.05) is 30.9 Å². The van der Waals surface area contributed by atoms with E-state index >= 15 is 0 Å². The molecule has 2 heterocycles. The molecule has 150 valence electrons. The lowest BCUT2D eigenvalue weighted by Crippen LogP contribution is -2.35. The molecule has 6 nitrogen and oxygen atoms in total. The van der Waals surface area contributed by atoms with Crippen molar-refractivity contribution in [3.05, 3.63) is 65.5 Å². The number of hydrogen-bond acceptors (Lipinski definition) is 5. The molecule has 6 heteroatoms. The number of nitrogens with zero attached hydrogens (tertiary/aromatic N) is 2. The predicted octanol–water partition coefficient (Wildman–Crippen LogP) is 3.38. The van der Waals surface area contributed by atoms with E-state index < -0.39 is 0 Å². The first kappa shape index (κ1) is 19.1. The number of carbonyl (C=O) groups is 1. The number of hydrogen-bond donors (Lipinski definition) is 1. The monoisotopic (exact) mass is 391 g/mol. The molecule has 2 aromatic carbocycles. The number of carbonyl (C=O) groups excluding carboxylic acids is 1. The molecule has 3 aromatic rings. The number of anilines is 1. The summed E-state index contributed by atoms with van der Waals surface area (Å²) in [5.41, 5.74) is 4.14. The van der Waals surface area contributed by atoms with Gasteiger partial charge in [-0.15, -0.1) is 0 Å². The number of rotatable bonds is 7. The first-order valence-electron chi connectivity index (χ1n) is 9.84. The summed E-state index contributed by atoms with van der Waals surface area (Å²) >= 11 is 0. The van der Waals surface area contributed by atoms with E-state index in [9.17, 15) is 4.79 Å². The molecule has 1 aromatic heterocycles. The zero-order chi connectivity index (χ0) is 20.2. The molecule has 0 atom stereocenters. The normalized spacial score (nSPS) is 12.7. The summed E-state index contributed by atoms with van der Waals surface area (Å²) in [5.74, 6) is 1.84. The Labute approximate surface area is 170 Å². The third kappa shape index (κ3) is 4.26. The average Bonchev–Trinajstić information content (AvgIpc) is 3.32. The fourth-order valence-corrected chi connectivity index (χ4v) is 3.66. The van der Waals surface area contributed by atoms with Crippen LogP contribution in [0.1, 0.15) is 17.0 Å². The number of nitrogens with one attached hydrogen (secondary N) is 1. The minimum absolute atomic E-state index is 0.0499. The van der Waals surface area contributed by atoms with Crippen molar-refractivity contribution in [1.82, 2.24) is 10.3 Å². The number of methoxy groups -OCH3 is 1. The highest BCUT2D eigenvalue weighted by Gasteiger charge is 2.18. The van der Waals surface area contributed by atoms with Crippen LogP contribution in [-0.4, -0.2) is 37.6 Å². The Balaban J connectivity index is 1.33. The van der Waals surface area contributed by atoms with Crippen molar-refractivity contribution < 1.29 is 13.9 Å². The summed E-state index contributed by atoms with van der Waals surface area (Å²) in [6.07, 6.45) is 1.27. The number of amides is 1. The van der Waals surface area contributed by atoms with E-state index in [-0.39, 0.29) is 12.3 Å². The third-order valence-electron chi connectivity index (χ3n) is 5.22. The molecular formula is C23H25N3O3. The lowest BCUT2D eigenvalue weighted by atomic mass is 10.2. The smallest absolute Gasteiger partial charge is 0.226 e. The number of aryl methyl sites for hydroxylation is 1. The molecule has 1 amide bonds. The second-order valence-electron chi connectivity index (χ2n) is 7.15. The van der Waals surface area contributed by atoms with Crippen molar-refractivity contribution in [3.63, 3.8) is 0 Å². The molecule has 29 heavy (non-hydrogen) atoms. The number of oxazole rings is 1. The molecule has 0 fully saturated rings. The Kier molecular flexibility index (Phi) is 5.51. The molecule has 0 bridgehead atoms. The molecule has 0 unspecified atom stereocenters. The van der Waals surface area contributed by atoms with Gasteiger partial charge in [-0.1, -0.05) is 24.3 Å². The predicted molar refractivity (Wildman–Crippen MR) is 112 cm³/mol. The van der Waals surface area contributed by atoms with Crippen LogP contribution in [0.4, 0.5) is 5.69 Å². The van der Waals surface area contributed by atoms with Crippen LogP contribution in [0.5, 0.6) is 5.75 Å². The van der Waals surface area contributed by atoms with E-state index in [1.807, 2.05) is 31.2 Å². The first-order valence-corrected chi connectivity index (χ1v) is 9.84. The molecule has 1 N–H and O–H groups in total. The second-order valence-corrected chi connectivity index (χ2v) is 7.15. The van der Waals surface area contributed by atoms with Crippen LogP contribution in [0.3, 0.4) is 0 Å². The topological polar surface area (TPSA) is 67.6 Å². The summed E-state index contributed by atoms with van der Waals surface area (Å²) < 4.78 is 11.0. The van der Waals surface area contributed by atoms with Gasteiger partial charge in [-0.05, 0) is 43.2 Å². The van der Waals surface area contributed by atoms with E-state index in [4.69, 9.17) is 9.15 Å². The number of fused-ring (bicyclic) bond motifs is 1. The van der Waals surface area contributed by atoms with E-state index in [0.29, 0.717) is 23.9 Å². The highest BCUT2D eigenvalue weighted by atomic mass is 16.5. The molecule has 1 aliphatic heterocycles. The quantitative estimate of drug-likeness (QED) is 0.669. The zero-order valence-electron chi connectivity index (χ0n) is 16.8. The maximum Gasteiger partial charge on any atom is 0.226 e. The van der Waals surface area contributed by atoms with Crippen LogP contribution < -0.4 is 15.0 Å². The first-order chi connectivity index (χ1) is 14.1. The second kappa shape index (κ2) is 8.39. The summed E-state index contributed by atoms with van der Waals surface area (Å²) in [7, 11) is 1.62. The van der Waals surface area contributed by atoms with Gasteiger partial charge >= 0.3 is 0 Å². The number of benzene rings is 2. The molecular weight excluding hydrogens is 366 g/mol. The van der Waals surface area contributed by atoms with Crippen molar-refractivity contribution in [1.29, 1.82) is 0 Å². The SMILES string of the molecule is COc1cccc(-c2nc(CC(=O)NCCN3CCc4ccccc43)c(C)o2)c1. The van der Waals surface area contributed by atoms with Crippen LogP contribution in [0, 0.1) is 6.92 Å². The lowest BCUT2D eigenvalue weighted by Gasteiger charge is -2.19. The largest absolute Gasteiger partial charge is 0.497 e. The molecule has 0 radical (unpaired) electrons. The summed E-state index contributed by atoms with van der Waals surface area (Å²) in [6.45, 7) is 4.24. The number of aromatic nitrogens is 1. The standard InChI is InChI=1S/C23H25N3O3/c1-16-20(25-23(29-16)18-7-5-8-19(14-18)28-2)15-22(27)24-11-13-26-12-10-17-6-3-4-9-21(17)26/h3-9,14H,10-13,15H2,1-2H3,(H,24,27). The average molecular weight is 391 g/mol. The Hall–Kier alpha value is -3.28. The summed E-state index contributed by atoms with van der Waals surface area (Å²) in [4.78, 5) is 19.2. The van der Waals surface area contributed by atoms with Gasteiger partial charge in [0.05, 0.1) is 19.2 Å². The van der Waals surface area contributed by atoms with E-state index in [0.717, 1.165) is 30.8 Å². The fraction of sp³-hybridized carbons (Fsp3) is 0.304. The maximum absolute atomic E-state index is 12.4. The van der Waals surface area contributed by atoms with Crippen molar-refractivity contribution in [3.8, 4) is 17.2 Å². The Morgan fingerprint density at radius 3 is 2.97 bits per heavy atom. The van der Waals surface area contributed by atoms with Gasteiger partial charge in [0.1, 0.15) is 11.5 Å². The van der Waals surface area contributed by atoms with E-state index in [1.165, 1.54) is 11.3 Å². The minimum atomic E-state index is -0.0499. The van der Waals surface area contributed by atoms with Gasteiger partial charge < -0.3 is 19.4 Å². The highest BCUT2D eigenvalue weighted by molar-refractivity contribution is 5.78. The van der Waals surface area contributed by atoms with Gasteiger partial charge in [-0.25, -0.2) is 4.98 Å². The Bertz CT molecular complexity index is 1010. The lowest BCUT2D eigenvalue weighted by molar-refractivity contribution is -0.120. The minimum Gasteiger partial charge on any atom is -0.497 e. The third-order valence-corrected chi connectivity index (χ3v) is 5.22. The summed E-state index contributed by atoms with van der Waals surface area (Å²) in [5, 5.41) is 3.00. The number of ether oxygens (including phenoxy) is 1. The van der Waals surface area contributed by atoms with Crippen molar-refractivity contribution >= 4 is 11.6 Å². The molecule has 0 saturated heterocycles. The van der Waals surface area contributed by atoms with Crippen LogP contribution >= 0.6 is 0 Å². The van der Waals surface area contributed by atoms with Crippen molar-refractivity contribution in [2.75, 3.05) is 31.6 Å². The van der Waals surface area contributed by atoms with E-state index in [1.54, 1.807) is 7.11 Å². The van der Waals surface area contributed by atoms with Gasteiger partial charge in [0.15, 0.2) is 0 Å². The van der Waals surface area contributed by atoms with Gasteiger partial charge in [0.25, 0.3) is 0 Å². The number of para-hydroxylation sites is 1. The van der Waals surface area contributed by atoms with E-state index in [2.05, 4.69) is 39.5 Å². The van der Waals surface area contributed by atoms with Gasteiger partial charge in [0.2, 0.25) is 11.8 Å². The van der Waals surface area contributed by atoms with Crippen molar-refractivity contribution in [2.24, 2.45) is 0 Å². The molecule has 0 aliphatic carbocycles.